The Morgan fingerprint density at radius 3 is 2.47 bits per heavy atom. The molecular weight excluding hydrogens is 283 g/mol. The molecule has 2 heterocycles. The van der Waals surface area contributed by atoms with Gasteiger partial charge in [-0.15, -0.1) is 24.8 Å². The monoisotopic (exact) mass is 306 g/mol. The van der Waals surface area contributed by atoms with Gasteiger partial charge in [-0.1, -0.05) is 12.8 Å². The smallest absolute Gasteiger partial charge is 0.121 e. The average molecular weight is 307 g/mol. The third-order valence-corrected chi connectivity index (χ3v) is 3.94. The molecule has 1 N–H and O–H groups in total. The highest BCUT2D eigenvalue weighted by Crippen LogP contribution is 2.40. The molecule has 19 heavy (non-hydrogen) atoms. The van der Waals surface area contributed by atoms with Crippen LogP contribution in [0.1, 0.15) is 36.8 Å². The van der Waals surface area contributed by atoms with Gasteiger partial charge in [0.05, 0.1) is 6.04 Å². The van der Waals surface area contributed by atoms with E-state index in [1.807, 2.05) is 6.92 Å². The third-order valence-electron chi connectivity index (χ3n) is 3.94. The zero-order valence-electron chi connectivity index (χ0n) is 11.4. The molecule has 1 aliphatic carbocycles. The molecule has 0 radical (unpaired) electrons. The maximum atomic E-state index is 5.87. The Morgan fingerprint density at radius 1 is 1.26 bits per heavy atom. The van der Waals surface area contributed by atoms with Crippen LogP contribution in [0, 0.1) is 12.8 Å². The van der Waals surface area contributed by atoms with Crippen LogP contribution in [-0.4, -0.2) is 31.1 Å². The van der Waals surface area contributed by atoms with E-state index in [-0.39, 0.29) is 24.8 Å². The zero-order chi connectivity index (χ0) is 11.7. The Morgan fingerprint density at radius 2 is 1.95 bits per heavy atom. The van der Waals surface area contributed by atoms with E-state index in [0.717, 1.165) is 37.9 Å². The van der Waals surface area contributed by atoms with Crippen molar-refractivity contribution in [2.45, 2.75) is 32.2 Å². The Kier molecular flexibility index (Phi) is 6.67. The summed E-state index contributed by atoms with van der Waals surface area (Å²) in [6.45, 7) is 6.56. The minimum atomic E-state index is 0. The molecular formula is C14H24Cl2N2O. The van der Waals surface area contributed by atoms with Crippen molar-refractivity contribution in [1.29, 1.82) is 0 Å². The Hall–Kier alpha value is -0.220. The standard InChI is InChI=1S/C14H22N2O.2ClH/c1-11-2-5-14(17-11)13(10-12-3-4-12)16-8-6-15-7-9-16;;/h2,5,12-13,15H,3-4,6-10H2,1H3;2*1H/t13-;;/m1../s1. The summed E-state index contributed by atoms with van der Waals surface area (Å²) >= 11 is 0. The number of halogens is 2. The van der Waals surface area contributed by atoms with Gasteiger partial charge in [0.2, 0.25) is 0 Å². The van der Waals surface area contributed by atoms with E-state index < -0.39 is 0 Å². The van der Waals surface area contributed by atoms with Crippen molar-refractivity contribution in [1.82, 2.24) is 10.2 Å². The first-order valence-corrected chi connectivity index (χ1v) is 6.84. The molecule has 1 aromatic heterocycles. The van der Waals surface area contributed by atoms with Crippen LogP contribution in [0.15, 0.2) is 16.5 Å². The van der Waals surface area contributed by atoms with Crippen LogP contribution in [0.2, 0.25) is 0 Å². The van der Waals surface area contributed by atoms with Crippen molar-refractivity contribution in [2.75, 3.05) is 26.2 Å². The SMILES string of the molecule is Cc1ccc([C@@H](CC2CC2)N2CCNCC2)o1.Cl.Cl. The van der Waals surface area contributed by atoms with E-state index in [4.69, 9.17) is 4.42 Å². The fraction of sp³-hybridized carbons (Fsp3) is 0.714. The molecule has 110 valence electrons. The molecule has 0 bridgehead atoms. The molecule has 1 saturated carbocycles. The van der Waals surface area contributed by atoms with Gasteiger partial charge >= 0.3 is 0 Å². The van der Waals surface area contributed by atoms with Gasteiger partial charge in [0.15, 0.2) is 0 Å². The van der Waals surface area contributed by atoms with Crippen molar-refractivity contribution in [2.24, 2.45) is 5.92 Å². The minimum Gasteiger partial charge on any atom is -0.465 e. The fourth-order valence-electron chi connectivity index (χ4n) is 2.74. The topological polar surface area (TPSA) is 28.4 Å². The van der Waals surface area contributed by atoms with Crippen molar-refractivity contribution < 1.29 is 4.42 Å². The maximum absolute atomic E-state index is 5.87. The summed E-state index contributed by atoms with van der Waals surface area (Å²) in [6, 6.07) is 4.78. The lowest BCUT2D eigenvalue weighted by atomic mass is 10.1. The summed E-state index contributed by atoms with van der Waals surface area (Å²) in [5.41, 5.74) is 0. The van der Waals surface area contributed by atoms with E-state index in [2.05, 4.69) is 22.3 Å². The van der Waals surface area contributed by atoms with Gasteiger partial charge in [-0.25, -0.2) is 0 Å². The molecule has 0 spiro atoms. The van der Waals surface area contributed by atoms with Crippen molar-refractivity contribution in [3.8, 4) is 0 Å². The van der Waals surface area contributed by atoms with E-state index in [1.165, 1.54) is 25.0 Å². The number of nitrogens with one attached hydrogen (secondary N) is 1. The molecule has 1 aromatic rings. The van der Waals surface area contributed by atoms with Crippen molar-refractivity contribution >= 4 is 24.8 Å². The Bertz CT molecular complexity index is 373. The first-order chi connectivity index (χ1) is 8.33. The van der Waals surface area contributed by atoms with E-state index in [0.29, 0.717) is 6.04 Å². The highest BCUT2D eigenvalue weighted by Gasteiger charge is 2.31. The molecule has 0 amide bonds. The second-order valence-electron chi connectivity index (χ2n) is 5.43. The fourth-order valence-corrected chi connectivity index (χ4v) is 2.74. The molecule has 1 atom stereocenters. The van der Waals surface area contributed by atoms with Gasteiger partial charge < -0.3 is 9.73 Å². The summed E-state index contributed by atoms with van der Waals surface area (Å²) < 4.78 is 5.87. The van der Waals surface area contributed by atoms with Gasteiger partial charge in [-0.3, -0.25) is 4.90 Å². The first-order valence-electron chi connectivity index (χ1n) is 6.84. The second kappa shape index (κ2) is 7.53. The van der Waals surface area contributed by atoms with E-state index >= 15 is 0 Å². The number of furan rings is 1. The minimum absolute atomic E-state index is 0. The van der Waals surface area contributed by atoms with Gasteiger partial charge in [-0.2, -0.15) is 0 Å². The number of piperazine rings is 1. The lowest BCUT2D eigenvalue weighted by Gasteiger charge is -2.34. The molecule has 1 saturated heterocycles. The van der Waals surface area contributed by atoms with Crippen LogP contribution in [0.4, 0.5) is 0 Å². The summed E-state index contributed by atoms with van der Waals surface area (Å²) in [6.07, 6.45) is 4.12. The Balaban J connectivity index is 0.000000902. The van der Waals surface area contributed by atoms with Crippen molar-refractivity contribution in [3.63, 3.8) is 0 Å². The molecule has 3 rings (SSSR count). The summed E-state index contributed by atoms with van der Waals surface area (Å²) in [5.74, 6) is 3.16. The van der Waals surface area contributed by atoms with Crippen LogP contribution in [0.5, 0.6) is 0 Å². The third kappa shape index (κ3) is 4.38. The summed E-state index contributed by atoms with van der Waals surface area (Å²) in [4.78, 5) is 2.59. The first kappa shape index (κ1) is 16.8. The highest BCUT2D eigenvalue weighted by atomic mass is 35.5. The van der Waals surface area contributed by atoms with Gasteiger partial charge in [0.1, 0.15) is 11.5 Å². The largest absolute Gasteiger partial charge is 0.465 e. The van der Waals surface area contributed by atoms with Crippen LogP contribution in [0.3, 0.4) is 0 Å². The van der Waals surface area contributed by atoms with Gasteiger partial charge in [0.25, 0.3) is 0 Å². The quantitative estimate of drug-likeness (QED) is 0.926. The second-order valence-corrected chi connectivity index (χ2v) is 5.43. The molecule has 1 aliphatic heterocycles. The van der Waals surface area contributed by atoms with Crippen LogP contribution in [-0.2, 0) is 0 Å². The average Bonchev–Trinajstić information content (AvgIpc) is 3.08. The van der Waals surface area contributed by atoms with Crippen LogP contribution in [0.25, 0.3) is 0 Å². The van der Waals surface area contributed by atoms with E-state index in [1.54, 1.807) is 0 Å². The normalized spacial score (nSPS) is 21.3. The van der Waals surface area contributed by atoms with Crippen LogP contribution < -0.4 is 5.32 Å². The molecule has 3 nitrogen and oxygen atoms in total. The highest BCUT2D eigenvalue weighted by molar-refractivity contribution is 5.85. The molecule has 2 fully saturated rings. The molecule has 5 heteroatoms. The lowest BCUT2D eigenvalue weighted by molar-refractivity contribution is 0.141. The van der Waals surface area contributed by atoms with Crippen molar-refractivity contribution in [3.05, 3.63) is 23.7 Å². The Labute approximate surface area is 127 Å². The molecule has 0 unspecified atom stereocenters. The van der Waals surface area contributed by atoms with Crippen LogP contribution >= 0.6 is 24.8 Å². The summed E-state index contributed by atoms with van der Waals surface area (Å²) in [5, 5.41) is 3.42. The molecule has 0 aromatic carbocycles. The zero-order valence-corrected chi connectivity index (χ0v) is 13.1. The lowest BCUT2D eigenvalue weighted by Crippen LogP contribution is -2.45. The number of hydrogen-bond acceptors (Lipinski definition) is 3. The predicted molar refractivity (Wildman–Crippen MR) is 82.5 cm³/mol. The number of rotatable bonds is 4. The van der Waals surface area contributed by atoms with Gasteiger partial charge in [0, 0.05) is 26.2 Å². The number of aryl methyl sites for hydroxylation is 1. The predicted octanol–water partition coefficient (Wildman–Crippen LogP) is 3.18. The van der Waals surface area contributed by atoms with Gasteiger partial charge in [-0.05, 0) is 31.4 Å². The number of hydrogen-bond donors (Lipinski definition) is 1. The molecule has 2 aliphatic rings. The van der Waals surface area contributed by atoms with E-state index in [9.17, 15) is 0 Å². The number of nitrogens with zero attached hydrogens (tertiary/aromatic N) is 1. The maximum Gasteiger partial charge on any atom is 0.121 e. The summed E-state index contributed by atoms with van der Waals surface area (Å²) in [7, 11) is 0.